The zero-order chi connectivity index (χ0) is 18.6. The molecule has 1 aromatic rings. The van der Waals surface area contributed by atoms with Crippen LogP contribution in [0, 0.1) is 5.92 Å². The second-order valence-electron chi connectivity index (χ2n) is 7.36. The second kappa shape index (κ2) is 8.35. The topological polar surface area (TPSA) is 66.5 Å². The molecule has 0 spiro atoms. The third-order valence-corrected chi connectivity index (χ3v) is 7.12. The van der Waals surface area contributed by atoms with Gasteiger partial charge in [-0.15, -0.1) is 0 Å². The molecule has 1 unspecified atom stereocenters. The monoisotopic (exact) mass is 376 g/mol. The normalized spacial score (nSPS) is 20.7. The average molecular weight is 377 g/mol. The van der Waals surface area contributed by atoms with E-state index >= 15 is 0 Å². The summed E-state index contributed by atoms with van der Waals surface area (Å²) in [7, 11) is -3.42. The molecule has 1 amide bonds. The summed E-state index contributed by atoms with van der Waals surface area (Å²) in [6, 6.07) is 6.97. The van der Waals surface area contributed by atoms with Crippen molar-refractivity contribution in [2.75, 3.05) is 13.1 Å². The van der Waals surface area contributed by atoms with Crippen LogP contribution >= 0.6 is 0 Å². The summed E-state index contributed by atoms with van der Waals surface area (Å²) in [6.07, 6.45) is 9.65. The number of hydrogen-bond acceptors (Lipinski definition) is 3. The quantitative estimate of drug-likeness (QED) is 0.776. The molecule has 5 nitrogen and oxygen atoms in total. The molecule has 0 bridgehead atoms. The molecular formula is C20H28N2O3S. The van der Waals surface area contributed by atoms with Gasteiger partial charge in [-0.05, 0) is 62.3 Å². The van der Waals surface area contributed by atoms with E-state index in [0.717, 1.165) is 31.2 Å². The van der Waals surface area contributed by atoms with Gasteiger partial charge in [0.25, 0.3) is 0 Å². The van der Waals surface area contributed by atoms with Crippen molar-refractivity contribution >= 4 is 22.0 Å². The van der Waals surface area contributed by atoms with E-state index in [1.165, 1.54) is 18.9 Å². The van der Waals surface area contributed by atoms with Crippen molar-refractivity contribution in [3.8, 4) is 0 Å². The highest BCUT2D eigenvalue weighted by molar-refractivity contribution is 7.89. The van der Waals surface area contributed by atoms with Crippen molar-refractivity contribution in [1.29, 1.82) is 0 Å². The highest BCUT2D eigenvalue weighted by Crippen LogP contribution is 2.32. The van der Waals surface area contributed by atoms with E-state index in [9.17, 15) is 13.2 Å². The fraction of sp³-hybridized carbons (Fsp3) is 0.550. The number of carbonyl (C=O) groups is 1. The minimum atomic E-state index is -3.42. The SMILES string of the molecule is CC(NC(=O)/C=C/c1ccc(S(=O)(=O)N2CCCCCC2)cc1)C1CC1. The van der Waals surface area contributed by atoms with Gasteiger partial charge in [0.2, 0.25) is 15.9 Å². The van der Waals surface area contributed by atoms with E-state index in [4.69, 9.17) is 0 Å². The molecule has 1 aromatic carbocycles. The minimum absolute atomic E-state index is 0.106. The molecule has 1 aliphatic carbocycles. The maximum atomic E-state index is 12.8. The predicted molar refractivity (Wildman–Crippen MR) is 103 cm³/mol. The number of nitrogens with zero attached hydrogens (tertiary/aromatic N) is 1. The van der Waals surface area contributed by atoms with Crippen LogP contribution in [0.5, 0.6) is 0 Å². The van der Waals surface area contributed by atoms with Crippen molar-refractivity contribution in [3.63, 3.8) is 0 Å². The first-order chi connectivity index (χ1) is 12.5. The van der Waals surface area contributed by atoms with E-state index in [-0.39, 0.29) is 11.9 Å². The Bertz CT molecular complexity index is 744. The van der Waals surface area contributed by atoms with Crippen molar-refractivity contribution in [1.82, 2.24) is 9.62 Å². The predicted octanol–water partition coefficient (Wildman–Crippen LogP) is 3.18. The Morgan fingerprint density at radius 1 is 1.12 bits per heavy atom. The lowest BCUT2D eigenvalue weighted by Crippen LogP contribution is -2.32. The average Bonchev–Trinajstić information content (AvgIpc) is 3.46. The number of benzene rings is 1. The van der Waals surface area contributed by atoms with E-state index in [2.05, 4.69) is 5.32 Å². The van der Waals surface area contributed by atoms with Gasteiger partial charge in [-0.3, -0.25) is 4.79 Å². The first-order valence-electron chi connectivity index (χ1n) is 9.55. The van der Waals surface area contributed by atoms with Crippen LogP contribution in [-0.4, -0.2) is 37.8 Å². The molecule has 0 radical (unpaired) electrons. The van der Waals surface area contributed by atoms with Crippen molar-refractivity contribution in [2.24, 2.45) is 5.92 Å². The molecule has 1 heterocycles. The van der Waals surface area contributed by atoms with Gasteiger partial charge in [-0.1, -0.05) is 25.0 Å². The molecule has 1 atom stereocenters. The lowest BCUT2D eigenvalue weighted by atomic mass is 10.2. The number of amides is 1. The van der Waals surface area contributed by atoms with Crippen LogP contribution in [0.3, 0.4) is 0 Å². The fourth-order valence-corrected chi connectivity index (χ4v) is 4.86. The molecule has 142 valence electrons. The number of carbonyl (C=O) groups excluding carboxylic acids is 1. The van der Waals surface area contributed by atoms with Gasteiger partial charge >= 0.3 is 0 Å². The molecule has 1 N–H and O–H groups in total. The van der Waals surface area contributed by atoms with Gasteiger partial charge in [0.05, 0.1) is 4.90 Å². The molecular weight excluding hydrogens is 348 g/mol. The van der Waals surface area contributed by atoms with Gasteiger partial charge in [0, 0.05) is 25.2 Å². The van der Waals surface area contributed by atoms with Crippen molar-refractivity contribution in [3.05, 3.63) is 35.9 Å². The van der Waals surface area contributed by atoms with E-state index in [0.29, 0.717) is 23.9 Å². The van der Waals surface area contributed by atoms with Gasteiger partial charge in [-0.2, -0.15) is 4.31 Å². The molecule has 2 fully saturated rings. The van der Waals surface area contributed by atoms with Gasteiger partial charge in [-0.25, -0.2) is 8.42 Å². The Kier molecular flexibility index (Phi) is 6.14. The van der Waals surface area contributed by atoms with E-state index in [1.807, 2.05) is 6.92 Å². The van der Waals surface area contributed by atoms with Crippen LogP contribution in [0.15, 0.2) is 35.2 Å². The summed E-state index contributed by atoms with van der Waals surface area (Å²) in [5, 5.41) is 2.97. The van der Waals surface area contributed by atoms with Gasteiger partial charge in [0.1, 0.15) is 0 Å². The zero-order valence-electron chi connectivity index (χ0n) is 15.4. The highest BCUT2D eigenvalue weighted by Gasteiger charge is 2.28. The van der Waals surface area contributed by atoms with Crippen LogP contribution in [0.2, 0.25) is 0 Å². The first kappa shape index (κ1) is 19.1. The summed E-state index contributed by atoms with van der Waals surface area (Å²) in [4.78, 5) is 12.2. The first-order valence-corrected chi connectivity index (χ1v) is 11.0. The third-order valence-electron chi connectivity index (χ3n) is 5.21. The Balaban J connectivity index is 1.61. The summed E-state index contributed by atoms with van der Waals surface area (Å²) >= 11 is 0. The van der Waals surface area contributed by atoms with Crippen LogP contribution in [0.25, 0.3) is 6.08 Å². The van der Waals surface area contributed by atoms with Gasteiger partial charge in [0.15, 0.2) is 0 Å². The molecule has 1 saturated heterocycles. The molecule has 3 rings (SSSR count). The van der Waals surface area contributed by atoms with Crippen LogP contribution in [-0.2, 0) is 14.8 Å². The maximum absolute atomic E-state index is 12.8. The Morgan fingerprint density at radius 2 is 1.73 bits per heavy atom. The van der Waals surface area contributed by atoms with Gasteiger partial charge < -0.3 is 5.32 Å². The maximum Gasteiger partial charge on any atom is 0.244 e. The van der Waals surface area contributed by atoms with Crippen LogP contribution in [0.1, 0.15) is 51.0 Å². The standard InChI is InChI=1S/C20H28N2O3S/c1-16(18-9-10-18)21-20(23)13-8-17-6-11-19(12-7-17)26(24,25)22-14-4-2-3-5-15-22/h6-8,11-13,16,18H,2-5,9-10,14-15H2,1H3,(H,21,23)/b13-8+. The van der Waals surface area contributed by atoms with Crippen molar-refractivity contribution in [2.45, 2.75) is 56.4 Å². The summed E-state index contributed by atoms with van der Waals surface area (Å²) in [6.45, 7) is 3.23. The second-order valence-corrected chi connectivity index (χ2v) is 9.29. The zero-order valence-corrected chi connectivity index (χ0v) is 16.2. The molecule has 26 heavy (non-hydrogen) atoms. The van der Waals surface area contributed by atoms with Crippen LogP contribution in [0.4, 0.5) is 0 Å². The lowest BCUT2D eigenvalue weighted by Gasteiger charge is -2.19. The summed E-state index contributed by atoms with van der Waals surface area (Å²) in [5.74, 6) is 0.515. The Hall–Kier alpha value is -1.66. The molecule has 1 aliphatic heterocycles. The summed E-state index contributed by atoms with van der Waals surface area (Å²) < 4.78 is 27.1. The van der Waals surface area contributed by atoms with E-state index in [1.54, 1.807) is 34.6 Å². The molecule has 0 aromatic heterocycles. The number of nitrogens with one attached hydrogen (secondary N) is 1. The Morgan fingerprint density at radius 3 is 2.31 bits per heavy atom. The smallest absolute Gasteiger partial charge is 0.244 e. The largest absolute Gasteiger partial charge is 0.350 e. The van der Waals surface area contributed by atoms with E-state index < -0.39 is 10.0 Å². The summed E-state index contributed by atoms with van der Waals surface area (Å²) in [5.41, 5.74) is 0.814. The number of hydrogen-bond donors (Lipinski definition) is 1. The number of sulfonamides is 1. The fourth-order valence-electron chi connectivity index (χ4n) is 3.34. The third kappa shape index (κ3) is 4.95. The number of rotatable bonds is 6. The molecule has 2 aliphatic rings. The minimum Gasteiger partial charge on any atom is -0.350 e. The highest BCUT2D eigenvalue weighted by atomic mass is 32.2. The Labute approximate surface area is 156 Å². The molecule has 6 heteroatoms. The van der Waals surface area contributed by atoms with Crippen LogP contribution < -0.4 is 5.32 Å². The lowest BCUT2D eigenvalue weighted by molar-refractivity contribution is -0.117. The van der Waals surface area contributed by atoms with Crippen molar-refractivity contribution < 1.29 is 13.2 Å². The molecule has 1 saturated carbocycles.